The van der Waals surface area contributed by atoms with Crippen molar-refractivity contribution in [2.24, 2.45) is 5.92 Å². The second-order valence-electron chi connectivity index (χ2n) is 6.23. The van der Waals surface area contributed by atoms with E-state index in [1.807, 2.05) is 30.3 Å². The molecular weight excluding hydrogens is 338 g/mol. The van der Waals surface area contributed by atoms with E-state index < -0.39 is 0 Å². The summed E-state index contributed by atoms with van der Waals surface area (Å²) < 4.78 is 2.32. The lowest BCUT2D eigenvalue weighted by Gasteiger charge is -2.07. The van der Waals surface area contributed by atoms with Crippen molar-refractivity contribution in [3.63, 3.8) is 0 Å². The van der Waals surface area contributed by atoms with Crippen LogP contribution in [0.15, 0.2) is 30.3 Å². The zero-order chi connectivity index (χ0) is 17.6. The molecule has 0 spiro atoms. The number of para-hydroxylation sites is 1. The van der Waals surface area contributed by atoms with Crippen molar-refractivity contribution in [1.82, 2.24) is 19.7 Å². The number of aromatic nitrogens is 3. The highest BCUT2D eigenvalue weighted by Gasteiger charge is 2.31. The standard InChI is InChI=1S/C17H17N5O2S/c1-21(2)16(24)12-13-14(22(20-12)11-6-4-3-5-7-11)18-17(25-13)19-15(23)10-8-9-10/h3-7,10H,8-9H2,1-2H3,(H,18,19,23). The number of hydrogen-bond donors (Lipinski definition) is 1. The van der Waals surface area contributed by atoms with Crippen LogP contribution in [0.2, 0.25) is 0 Å². The van der Waals surface area contributed by atoms with Gasteiger partial charge in [0.15, 0.2) is 16.5 Å². The van der Waals surface area contributed by atoms with Gasteiger partial charge in [-0.25, -0.2) is 4.68 Å². The first-order chi connectivity index (χ1) is 12.0. The van der Waals surface area contributed by atoms with Gasteiger partial charge in [0.05, 0.1) is 5.69 Å². The number of fused-ring (bicyclic) bond motifs is 1. The zero-order valence-corrected chi connectivity index (χ0v) is 14.7. The van der Waals surface area contributed by atoms with Gasteiger partial charge in [0.25, 0.3) is 5.91 Å². The Bertz CT molecular complexity index is 956. The van der Waals surface area contributed by atoms with Gasteiger partial charge in [0, 0.05) is 20.0 Å². The summed E-state index contributed by atoms with van der Waals surface area (Å²) in [5.41, 5.74) is 1.73. The van der Waals surface area contributed by atoms with E-state index in [1.165, 1.54) is 16.2 Å². The van der Waals surface area contributed by atoms with Crippen molar-refractivity contribution < 1.29 is 9.59 Å². The van der Waals surface area contributed by atoms with Crippen LogP contribution < -0.4 is 5.32 Å². The average molecular weight is 355 g/mol. The van der Waals surface area contributed by atoms with Crippen LogP contribution in [0.4, 0.5) is 5.13 Å². The van der Waals surface area contributed by atoms with E-state index in [-0.39, 0.29) is 17.7 Å². The number of nitrogens with one attached hydrogen (secondary N) is 1. The highest BCUT2D eigenvalue weighted by molar-refractivity contribution is 7.22. The minimum absolute atomic E-state index is 0.00360. The summed E-state index contributed by atoms with van der Waals surface area (Å²) in [4.78, 5) is 30.5. The molecule has 0 atom stereocenters. The summed E-state index contributed by atoms with van der Waals surface area (Å²) in [5.74, 6) is -0.0972. The topological polar surface area (TPSA) is 80.1 Å². The van der Waals surface area contributed by atoms with E-state index in [1.54, 1.807) is 18.8 Å². The molecule has 1 N–H and O–H groups in total. The van der Waals surface area contributed by atoms with Gasteiger partial charge < -0.3 is 10.2 Å². The Hall–Kier alpha value is -2.74. The molecule has 25 heavy (non-hydrogen) atoms. The molecule has 0 aliphatic heterocycles. The highest BCUT2D eigenvalue weighted by atomic mass is 32.1. The Morgan fingerprint density at radius 2 is 1.96 bits per heavy atom. The van der Waals surface area contributed by atoms with Gasteiger partial charge in [0.1, 0.15) is 4.70 Å². The largest absolute Gasteiger partial charge is 0.343 e. The number of hydrogen-bond acceptors (Lipinski definition) is 5. The number of benzene rings is 1. The van der Waals surface area contributed by atoms with Crippen LogP contribution in [0.1, 0.15) is 23.3 Å². The van der Waals surface area contributed by atoms with Gasteiger partial charge in [-0.05, 0) is 25.0 Å². The molecular formula is C17H17N5O2S. The van der Waals surface area contributed by atoms with Crippen LogP contribution >= 0.6 is 11.3 Å². The molecule has 0 radical (unpaired) electrons. The SMILES string of the molecule is CN(C)C(=O)c1nn(-c2ccccc2)c2nc(NC(=O)C3CC3)sc12. The molecule has 0 unspecified atom stereocenters. The fourth-order valence-electron chi connectivity index (χ4n) is 2.51. The van der Waals surface area contributed by atoms with Crippen molar-refractivity contribution in [3.8, 4) is 5.69 Å². The molecule has 3 aromatic rings. The first-order valence-corrected chi connectivity index (χ1v) is 8.83. The Morgan fingerprint density at radius 3 is 2.60 bits per heavy atom. The molecule has 1 aromatic carbocycles. The van der Waals surface area contributed by atoms with E-state index in [0.717, 1.165) is 18.5 Å². The predicted molar refractivity (Wildman–Crippen MR) is 96.1 cm³/mol. The number of carbonyl (C=O) groups excluding carboxylic acids is 2. The maximum atomic E-state index is 12.5. The molecule has 128 valence electrons. The number of nitrogens with zero attached hydrogens (tertiary/aromatic N) is 4. The first-order valence-electron chi connectivity index (χ1n) is 8.02. The van der Waals surface area contributed by atoms with Crippen LogP contribution in [0.3, 0.4) is 0 Å². The van der Waals surface area contributed by atoms with Gasteiger partial charge in [-0.15, -0.1) is 0 Å². The third-order valence-corrected chi connectivity index (χ3v) is 4.98. The van der Waals surface area contributed by atoms with Crippen molar-refractivity contribution >= 4 is 38.6 Å². The second-order valence-corrected chi connectivity index (χ2v) is 7.23. The molecule has 1 fully saturated rings. The summed E-state index contributed by atoms with van der Waals surface area (Å²) in [6.45, 7) is 0. The Labute approximate surface area is 148 Å². The van der Waals surface area contributed by atoms with Crippen LogP contribution in [-0.4, -0.2) is 45.6 Å². The molecule has 1 saturated carbocycles. The van der Waals surface area contributed by atoms with Gasteiger partial charge >= 0.3 is 0 Å². The number of amides is 2. The Balaban J connectivity index is 1.82. The minimum Gasteiger partial charge on any atom is -0.343 e. The molecule has 2 heterocycles. The molecule has 1 aliphatic carbocycles. The molecule has 2 amide bonds. The summed E-state index contributed by atoms with van der Waals surface area (Å²) in [6.07, 6.45) is 1.86. The van der Waals surface area contributed by atoms with Crippen molar-refractivity contribution in [1.29, 1.82) is 0 Å². The third-order valence-electron chi connectivity index (χ3n) is 4.01. The molecule has 4 rings (SSSR count). The van der Waals surface area contributed by atoms with E-state index in [4.69, 9.17) is 0 Å². The first kappa shape index (κ1) is 15.8. The number of carbonyl (C=O) groups is 2. The Morgan fingerprint density at radius 1 is 1.24 bits per heavy atom. The lowest BCUT2D eigenvalue weighted by atomic mass is 10.3. The van der Waals surface area contributed by atoms with Crippen molar-refractivity contribution in [2.75, 3.05) is 19.4 Å². The molecule has 1 aliphatic rings. The van der Waals surface area contributed by atoms with Crippen LogP contribution in [-0.2, 0) is 4.79 Å². The monoisotopic (exact) mass is 355 g/mol. The van der Waals surface area contributed by atoms with E-state index in [0.29, 0.717) is 21.2 Å². The molecule has 2 aromatic heterocycles. The molecule has 0 bridgehead atoms. The second kappa shape index (κ2) is 5.96. The van der Waals surface area contributed by atoms with Gasteiger partial charge in [0.2, 0.25) is 5.91 Å². The molecule has 8 heteroatoms. The van der Waals surface area contributed by atoms with Crippen molar-refractivity contribution in [3.05, 3.63) is 36.0 Å². The predicted octanol–water partition coefficient (Wildman–Crippen LogP) is 2.53. The normalized spacial score (nSPS) is 13.8. The summed E-state index contributed by atoms with van der Waals surface area (Å²) in [5, 5.41) is 7.83. The van der Waals surface area contributed by atoms with Crippen LogP contribution in [0.5, 0.6) is 0 Å². The van der Waals surface area contributed by atoms with Crippen LogP contribution in [0.25, 0.3) is 16.0 Å². The van der Waals surface area contributed by atoms with Gasteiger partial charge in [-0.2, -0.15) is 10.1 Å². The zero-order valence-electron chi connectivity index (χ0n) is 13.9. The molecule has 7 nitrogen and oxygen atoms in total. The number of anilines is 1. The Kier molecular flexibility index (Phi) is 3.76. The van der Waals surface area contributed by atoms with Crippen molar-refractivity contribution in [2.45, 2.75) is 12.8 Å². The minimum atomic E-state index is -0.191. The summed E-state index contributed by atoms with van der Waals surface area (Å²) in [7, 11) is 3.37. The van der Waals surface area contributed by atoms with E-state index in [2.05, 4.69) is 15.4 Å². The number of rotatable bonds is 4. The third kappa shape index (κ3) is 2.89. The fourth-order valence-corrected chi connectivity index (χ4v) is 3.44. The lowest BCUT2D eigenvalue weighted by molar-refractivity contribution is -0.117. The average Bonchev–Trinajstić information content (AvgIpc) is 3.30. The quantitative estimate of drug-likeness (QED) is 0.780. The summed E-state index contributed by atoms with van der Waals surface area (Å²) in [6, 6.07) is 9.52. The van der Waals surface area contributed by atoms with E-state index >= 15 is 0 Å². The fraction of sp³-hybridized carbons (Fsp3) is 0.294. The molecule has 0 saturated heterocycles. The number of thiazole rings is 1. The van der Waals surface area contributed by atoms with Gasteiger partial charge in [-0.1, -0.05) is 29.5 Å². The van der Waals surface area contributed by atoms with Gasteiger partial charge in [-0.3, -0.25) is 9.59 Å². The smallest absolute Gasteiger partial charge is 0.275 e. The highest BCUT2D eigenvalue weighted by Crippen LogP contribution is 2.34. The summed E-state index contributed by atoms with van der Waals surface area (Å²) >= 11 is 1.28. The lowest BCUT2D eigenvalue weighted by Crippen LogP contribution is -2.22. The maximum absolute atomic E-state index is 12.5. The van der Waals surface area contributed by atoms with Crippen LogP contribution in [0, 0.1) is 5.92 Å². The maximum Gasteiger partial charge on any atom is 0.275 e. The van der Waals surface area contributed by atoms with E-state index in [9.17, 15) is 9.59 Å².